The van der Waals surface area contributed by atoms with E-state index in [-0.39, 0.29) is 10.1 Å². The molecular weight excluding hydrogens is 505 g/mol. The zero-order chi connectivity index (χ0) is 27.8. The van der Waals surface area contributed by atoms with Crippen LogP contribution in [-0.2, 0) is 0 Å². The summed E-state index contributed by atoms with van der Waals surface area (Å²) in [6.45, 7) is 22.5. The number of aldehydes is 1. The second kappa shape index (κ2) is 8.48. The molecule has 0 saturated heterocycles. The molecule has 5 aromatic rings. The Balaban J connectivity index is 1.72. The lowest BCUT2D eigenvalue weighted by Gasteiger charge is -2.36. The molecule has 38 heavy (non-hydrogen) atoms. The zero-order valence-corrected chi connectivity index (χ0v) is 26.3. The fourth-order valence-corrected chi connectivity index (χ4v) is 6.62. The van der Waals surface area contributed by atoms with Crippen LogP contribution in [0.2, 0.25) is 36.3 Å². The highest BCUT2D eigenvalue weighted by Gasteiger charge is 2.40. The number of fused-ring (bicyclic) bond motifs is 6. The lowest BCUT2D eigenvalue weighted by atomic mass is 10.0. The van der Waals surface area contributed by atoms with Gasteiger partial charge in [0.05, 0.1) is 11.0 Å². The van der Waals surface area contributed by atoms with Crippen molar-refractivity contribution in [2.75, 3.05) is 0 Å². The molecule has 5 rings (SSSR count). The van der Waals surface area contributed by atoms with Crippen LogP contribution in [0.3, 0.4) is 0 Å². The van der Waals surface area contributed by atoms with Crippen molar-refractivity contribution < 1.29 is 13.6 Å². The third kappa shape index (κ3) is 4.16. The minimum atomic E-state index is -2.05. The largest absolute Gasteiger partial charge is 0.543 e. The standard InChI is InChI=1S/C31H40N2O3Si2/c1-30(2,3)37(7,8)35-19-14-15-24-21(16-19)22-17-25-27(23(18-34)28(22)32-24)20-12-11-13-26(29(20)33-25)36-38(9,10)31(4,5)6/h11-18,32-33H,1-10H3. The van der Waals surface area contributed by atoms with Crippen molar-refractivity contribution in [3.63, 3.8) is 0 Å². The third-order valence-electron chi connectivity index (χ3n) is 8.93. The van der Waals surface area contributed by atoms with E-state index in [1.807, 2.05) is 18.2 Å². The third-order valence-corrected chi connectivity index (χ3v) is 17.6. The molecule has 2 aromatic heterocycles. The Labute approximate surface area is 227 Å². The van der Waals surface area contributed by atoms with Gasteiger partial charge in [-0.05, 0) is 66.6 Å². The molecule has 0 aliphatic carbocycles. The van der Waals surface area contributed by atoms with E-state index in [4.69, 9.17) is 8.85 Å². The number of nitrogens with one attached hydrogen (secondary N) is 2. The fraction of sp³-hybridized carbons (Fsp3) is 0.387. The van der Waals surface area contributed by atoms with Crippen LogP contribution >= 0.6 is 0 Å². The van der Waals surface area contributed by atoms with Gasteiger partial charge in [0, 0.05) is 38.1 Å². The summed E-state index contributed by atoms with van der Waals surface area (Å²) in [4.78, 5) is 19.7. The predicted octanol–water partition coefficient (Wildman–Crippen LogP) is 9.54. The Hall–Kier alpha value is -3.04. The summed E-state index contributed by atoms with van der Waals surface area (Å²) in [5.41, 5.74) is 4.37. The maximum absolute atomic E-state index is 12.6. The molecule has 0 fully saturated rings. The lowest BCUT2D eigenvalue weighted by Crippen LogP contribution is -2.43. The highest BCUT2D eigenvalue weighted by molar-refractivity contribution is 6.75. The smallest absolute Gasteiger partial charge is 0.250 e. The summed E-state index contributed by atoms with van der Waals surface area (Å²) >= 11 is 0. The van der Waals surface area contributed by atoms with Gasteiger partial charge in [0.15, 0.2) is 6.29 Å². The number of carbonyl (C=O) groups is 1. The highest BCUT2D eigenvalue weighted by Crippen LogP contribution is 2.43. The van der Waals surface area contributed by atoms with Crippen molar-refractivity contribution in [1.29, 1.82) is 0 Å². The maximum Gasteiger partial charge on any atom is 0.250 e. The van der Waals surface area contributed by atoms with E-state index in [0.29, 0.717) is 5.56 Å². The van der Waals surface area contributed by atoms with Crippen LogP contribution in [0.1, 0.15) is 51.9 Å². The van der Waals surface area contributed by atoms with Crippen molar-refractivity contribution in [2.45, 2.75) is 77.8 Å². The van der Waals surface area contributed by atoms with Gasteiger partial charge in [0.2, 0.25) is 8.32 Å². The van der Waals surface area contributed by atoms with Crippen molar-refractivity contribution >= 4 is 66.5 Å². The summed E-state index contributed by atoms with van der Waals surface area (Å²) < 4.78 is 13.3. The predicted molar refractivity (Wildman–Crippen MR) is 166 cm³/mol. The van der Waals surface area contributed by atoms with E-state index in [1.165, 1.54) is 0 Å². The normalized spacial score (nSPS) is 13.6. The molecule has 3 aromatic carbocycles. The Morgan fingerprint density at radius 3 is 1.97 bits per heavy atom. The van der Waals surface area contributed by atoms with Gasteiger partial charge in [-0.2, -0.15) is 0 Å². The monoisotopic (exact) mass is 544 g/mol. The molecule has 0 amide bonds. The van der Waals surface area contributed by atoms with Gasteiger partial charge < -0.3 is 18.8 Å². The first kappa shape index (κ1) is 26.6. The molecule has 2 heterocycles. The van der Waals surface area contributed by atoms with E-state index in [2.05, 4.69) is 102 Å². The molecule has 0 atom stereocenters. The molecule has 5 nitrogen and oxygen atoms in total. The molecule has 0 saturated carbocycles. The molecule has 0 aliphatic heterocycles. The van der Waals surface area contributed by atoms with E-state index in [1.54, 1.807) is 0 Å². The molecular formula is C31H40N2O3Si2. The minimum absolute atomic E-state index is 0.0775. The number of benzene rings is 3. The molecule has 0 aliphatic rings. The second-order valence-corrected chi connectivity index (χ2v) is 23.1. The van der Waals surface area contributed by atoms with Gasteiger partial charge in [0.25, 0.3) is 8.32 Å². The van der Waals surface area contributed by atoms with Crippen molar-refractivity contribution in [2.24, 2.45) is 0 Å². The zero-order valence-electron chi connectivity index (χ0n) is 24.3. The van der Waals surface area contributed by atoms with Crippen LogP contribution in [0.5, 0.6) is 11.5 Å². The topological polar surface area (TPSA) is 67.1 Å². The van der Waals surface area contributed by atoms with Crippen LogP contribution in [0.15, 0.2) is 42.5 Å². The number of hydrogen-bond acceptors (Lipinski definition) is 3. The molecule has 0 unspecified atom stereocenters. The van der Waals surface area contributed by atoms with Crippen LogP contribution in [-0.4, -0.2) is 32.9 Å². The number of H-pyrrole nitrogens is 2. The van der Waals surface area contributed by atoms with Gasteiger partial charge in [-0.25, -0.2) is 0 Å². The molecule has 200 valence electrons. The van der Waals surface area contributed by atoms with Crippen LogP contribution < -0.4 is 8.85 Å². The number of aromatic nitrogens is 2. The molecule has 2 N–H and O–H groups in total. The SMILES string of the molecule is CC(C)(C)[Si](C)(C)Oc1ccc2[nH]c3c(C=O)c4c(cc3c2c1)[nH]c1c(O[Si](C)(C)C(C)(C)C)cccc14. The Bertz CT molecular complexity index is 1710. The molecule has 0 bridgehead atoms. The Morgan fingerprint density at radius 1 is 0.711 bits per heavy atom. The second-order valence-electron chi connectivity index (χ2n) is 13.6. The molecule has 0 radical (unpaired) electrons. The number of para-hydroxylation sites is 1. The molecule has 0 spiro atoms. The highest BCUT2D eigenvalue weighted by atomic mass is 28.4. The van der Waals surface area contributed by atoms with Crippen LogP contribution in [0, 0.1) is 0 Å². The summed E-state index contributed by atoms with van der Waals surface area (Å²) in [5.74, 6) is 1.72. The summed E-state index contributed by atoms with van der Waals surface area (Å²) in [6.07, 6.45) is 0.974. The average Bonchev–Trinajstić information content (AvgIpc) is 3.34. The van der Waals surface area contributed by atoms with Crippen LogP contribution in [0.25, 0.3) is 43.6 Å². The van der Waals surface area contributed by atoms with Crippen molar-refractivity contribution in [3.8, 4) is 11.5 Å². The first-order valence-corrected chi connectivity index (χ1v) is 19.2. The van der Waals surface area contributed by atoms with Gasteiger partial charge in [-0.15, -0.1) is 0 Å². The van der Waals surface area contributed by atoms with Gasteiger partial charge in [0.1, 0.15) is 11.5 Å². The van der Waals surface area contributed by atoms with Crippen molar-refractivity contribution in [1.82, 2.24) is 9.97 Å². The number of aromatic amines is 2. The Morgan fingerprint density at radius 2 is 1.34 bits per heavy atom. The fourth-order valence-electron chi connectivity index (χ4n) is 4.57. The van der Waals surface area contributed by atoms with Crippen molar-refractivity contribution in [3.05, 3.63) is 48.0 Å². The van der Waals surface area contributed by atoms with E-state index in [9.17, 15) is 4.79 Å². The number of carbonyl (C=O) groups excluding carboxylic acids is 1. The number of rotatable bonds is 5. The summed E-state index contributed by atoms with van der Waals surface area (Å²) in [7, 11) is -4.04. The minimum Gasteiger partial charge on any atom is -0.543 e. The van der Waals surface area contributed by atoms with E-state index >= 15 is 0 Å². The average molecular weight is 545 g/mol. The van der Waals surface area contributed by atoms with Gasteiger partial charge in [-0.3, -0.25) is 4.79 Å². The van der Waals surface area contributed by atoms with Crippen LogP contribution in [0.4, 0.5) is 0 Å². The van der Waals surface area contributed by atoms with Gasteiger partial charge in [-0.1, -0.05) is 53.7 Å². The summed E-state index contributed by atoms with van der Waals surface area (Å²) in [6, 6.07) is 14.5. The lowest BCUT2D eigenvalue weighted by molar-refractivity contribution is 0.112. The van der Waals surface area contributed by atoms with E-state index in [0.717, 1.165) is 61.4 Å². The first-order chi connectivity index (χ1) is 17.5. The number of hydrogen-bond donors (Lipinski definition) is 2. The quantitative estimate of drug-likeness (QED) is 0.171. The maximum atomic E-state index is 12.6. The first-order valence-electron chi connectivity index (χ1n) is 13.4. The summed E-state index contributed by atoms with van der Waals surface area (Å²) in [5, 5.41) is 4.17. The van der Waals surface area contributed by atoms with Gasteiger partial charge >= 0.3 is 0 Å². The Kier molecular flexibility index (Phi) is 5.93. The van der Waals surface area contributed by atoms with E-state index < -0.39 is 16.6 Å². The molecule has 7 heteroatoms.